The minimum absolute atomic E-state index is 0.0753. The second kappa shape index (κ2) is 6.68. The average molecular weight is 348 g/mol. The molecule has 0 atom stereocenters. The molecule has 2 heterocycles. The first-order valence-corrected chi connectivity index (χ1v) is 7.70. The SMILES string of the molecule is O=c1c(CCCO)cc2cccnc2n1-c1cccc(C(F)(F)F)c1. The van der Waals surface area contributed by atoms with Gasteiger partial charge < -0.3 is 5.11 Å². The molecule has 4 nitrogen and oxygen atoms in total. The monoisotopic (exact) mass is 348 g/mol. The van der Waals surface area contributed by atoms with Gasteiger partial charge >= 0.3 is 6.18 Å². The number of aliphatic hydroxyl groups is 1. The lowest BCUT2D eigenvalue weighted by molar-refractivity contribution is -0.137. The molecule has 0 aliphatic heterocycles. The summed E-state index contributed by atoms with van der Waals surface area (Å²) in [4.78, 5) is 17.0. The predicted molar refractivity (Wildman–Crippen MR) is 87.7 cm³/mol. The fraction of sp³-hybridized carbons (Fsp3) is 0.222. The summed E-state index contributed by atoms with van der Waals surface area (Å²) >= 11 is 0. The van der Waals surface area contributed by atoms with Crippen molar-refractivity contribution in [2.24, 2.45) is 0 Å². The van der Waals surface area contributed by atoms with E-state index in [-0.39, 0.29) is 12.3 Å². The van der Waals surface area contributed by atoms with E-state index in [0.717, 1.165) is 12.1 Å². The summed E-state index contributed by atoms with van der Waals surface area (Å²) in [6.45, 7) is -0.0753. The maximum atomic E-state index is 13.0. The van der Waals surface area contributed by atoms with E-state index in [1.807, 2.05) is 0 Å². The number of aromatic nitrogens is 2. The molecule has 0 bridgehead atoms. The van der Waals surface area contributed by atoms with Crippen LogP contribution in [0.2, 0.25) is 0 Å². The number of aliphatic hydroxyl groups excluding tert-OH is 1. The third-order valence-electron chi connectivity index (χ3n) is 3.87. The maximum Gasteiger partial charge on any atom is 0.416 e. The normalized spacial score (nSPS) is 11.8. The third-order valence-corrected chi connectivity index (χ3v) is 3.87. The molecule has 0 aliphatic rings. The van der Waals surface area contributed by atoms with Crippen LogP contribution in [-0.2, 0) is 12.6 Å². The number of pyridine rings is 2. The summed E-state index contributed by atoms with van der Waals surface area (Å²) < 4.78 is 40.2. The zero-order valence-corrected chi connectivity index (χ0v) is 13.1. The second-order valence-electron chi connectivity index (χ2n) is 5.60. The Morgan fingerprint density at radius 3 is 2.64 bits per heavy atom. The van der Waals surface area contributed by atoms with Crippen LogP contribution in [0.15, 0.2) is 53.5 Å². The predicted octanol–water partition coefficient (Wildman–Crippen LogP) is 3.33. The molecule has 0 amide bonds. The number of aryl methyl sites for hydroxylation is 1. The highest BCUT2D eigenvalue weighted by molar-refractivity contribution is 5.77. The van der Waals surface area contributed by atoms with E-state index in [1.165, 1.54) is 22.9 Å². The first-order chi connectivity index (χ1) is 11.9. The van der Waals surface area contributed by atoms with E-state index in [9.17, 15) is 18.0 Å². The fourth-order valence-electron chi connectivity index (χ4n) is 2.71. The first-order valence-electron chi connectivity index (χ1n) is 7.70. The Balaban J connectivity index is 2.28. The van der Waals surface area contributed by atoms with Gasteiger partial charge in [0.05, 0.1) is 11.3 Å². The van der Waals surface area contributed by atoms with E-state index in [2.05, 4.69) is 4.98 Å². The van der Waals surface area contributed by atoms with Crippen molar-refractivity contribution >= 4 is 11.0 Å². The van der Waals surface area contributed by atoms with Crippen molar-refractivity contribution in [2.75, 3.05) is 6.61 Å². The Kier molecular flexibility index (Phi) is 4.59. The van der Waals surface area contributed by atoms with Crippen molar-refractivity contribution in [1.82, 2.24) is 9.55 Å². The number of fused-ring (bicyclic) bond motifs is 1. The number of nitrogens with zero attached hydrogens (tertiary/aromatic N) is 2. The minimum atomic E-state index is -4.50. The molecular weight excluding hydrogens is 333 g/mol. The molecule has 130 valence electrons. The molecule has 7 heteroatoms. The van der Waals surface area contributed by atoms with Gasteiger partial charge in [-0.2, -0.15) is 13.2 Å². The molecule has 0 radical (unpaired) electrons. The molecule has 0 fully saturated rings. The Morgan fingerprint density at radius 1 is 1.12 bits per heavy atom. The summed E-state index contributed by atoms with van der Waals surface area (Å²) in [5, 5.41) is 9.64. The van der Waals surface area contributed by atoms with Crippen molar-refractivity contribution in [3.05, 3.63) is 70.1 Å². The van der Waals surface area contributed by atoms with Crippen molar-refractivity contribution < 1.29 is 18.3 Å². The number of benzene rings is 1. The largest absolute Gasteiger partial charge is 0.416 e. The lowest BCUT2D eigenvalue weighted by Crippen LogP contribution is -2.24. The highest BCUT2D eigenvalue weighted by Gasteiger charge is 2.30. The summed E-state index contributed by atoms with van der Waals surface area (Å²) in [6.07, 6.45) is -2.29. The van der Waals surface area contributed by atoms with Gasteiger partial charge in [0.15, 0.2) is 0 Å². The van der Waals surface area contributed by atoms with Crippen LogP contribution in [0.4, 0.5) is 13.2 Å². The van der Waals surface area contributed by atoms with Crippen molar-refractivity contribution in [3.8, 4) is 5.69 Å². The fourth-order valence-corrected chi connectivity index (χ4v) is 2.71. The molecule has 1 N–H and O–H groups in total. The Morgan fingerprint density at radius 2 is 1.92 bits per heavy atom. The van der Waals surface area contributed by atoms with Crippen molar-refractivity contribution in [1.29, 1.82) is 0 Å². The average Bonchev–Trinajstić information content (AvgIpc) is 2.59. The first kappa shape index (κ1) is 17.2. The zero-order chi connectivity index (χ0) is 18.0. The summed E-state index contributed by atoms with van der Waals surface area (Å²) in [7, 11) is 0. The Labute approximate surface area is 141 Å². The molecule has 0 saturated heterocycles. The van der Waals surface area contributed by atoms with Crippen LogP contribution in [0.5, 0.6) is 0 Å². The van der Waals surface area contributed by atoms with E-state index in [0.29, 0.717) is 29.4 Å². The van der Waals surface area contributed by atoms with Crippen LogP contribution >= 0.6 is 0 Å². The lowest BCUT2D eigenvalue weighted by Gasteiger charge is -2.14. The quantitative estimate of drug-likeness (QED) is 0.787. The summed E-state index contributed by atoms with van der Waals surface area (Å²) in [5.41, 5.74) is -0.443. The topological polar surface area (TPSA) is 55.1 Å². The van der Waals surface area contributed by atoms with Gasteiger partial charge in [0.2, 0.25) is 0 Å². The van der Waals surface area contributed by atoms with Crippen LogP contribution in [0.3, 0.4) is 0 Å². The number of halogens is 3. The summed E-state index contributed by atoms with van der Waals surface area (Å²) in [5.74, 6) is 0. The number of hydrogen-bond acceptors (Lipinski definition) is 3. The molecule has 0 aliphatic carbocycles. The molecule has 3 aromatic rings. The second-order valence-corrected chi connectivity index (χ2v) is 5.60. The van der Waals surface area contributed by atoms with Gasteiger partial charge in [-0.25, -0.2) is 4.98 Å². The maximum absolute atomic E-state index is 13.0. The number of rotatable bonds is 4. The van der Waals surface area contributed by atoms with E-state index < -0.39 is 17.3 Å². The number of hydrogen-bond donors (Lipinski definition) is 1. The Hall–Kier alpha value is -2.67. The molecule has 1 aromatic carbocycles. The van der Waals surface area contributed by atoms with Gasteiger partial charge in [-0.15, -0.1) is 0 Å². The van der Waals surface area contributed by atoms with E-state index in [4.69, 9.17) is 5.11 Å². The number of alkyl halides is 3. The van der Waals surface area contributed by atoms with Gasteiger partial charge in [0.1, 0.15) is 5.65 Å². The molecule has 0 saturated carbocycles. The van der Waals surface area contributed by atoms with Crippen LogP contribution in [0.1, 0.15) is 17.5 Å². The lowest BCUT2D eigenvalue weighted by atomic mass is 10.1. The van der Waals surface area contributed by atoms with E-state index >= 15 is 0 Å². The molecule has 0 unspecified atom stereocenters. The smallest absolute Gasteiger partial charge is 0.396 e. The van der Waals surface area contributed by atoms with Crippen LogP contribution in [-0.4, -0.2) is 21.3 Å². The Bertz CT molecular complexity index is 964. The molecule has 0 spiro atoms. The van der Waals surface area contributed by atoms with Gasteiger partial charge in [-0.05, 0) is 49.2 Å². The van der Waals surface area contributed by atoms with Crippen LogP contribution in [0.25, 0.3) is 16.7 Å². The molecular formula is C18H15F3N2O2. The highest BCUT2D eigenvalue weighted by atomic mass is 19.4. The van der Waals surface area contributed by atoms with Crippen molar-refractivity contribution in [3.63, 3.8) is 0 Å². The van der Waals surface area contributed by atoms with Gasteiger partial charge in [0.25, 0.3) is 5.56 Å². The third kappa shape index (κ3) is 3.41. The molecule has 25 heavy (non-hydrogen) atoms. The zero-order valence-electron chi connectivity index (χ0n) is 13.1. The standard InChI is InChI=1S/C18H15F3N2O2/c19-18(20,21)14-6-1-7-15(11-14)23-16-12(4-2-8-22-16)10-13(17(23)25)5-3-9-24/h1-2,4,6-8,10-11,24H,3,5,9H2. The van der Waals surface area contributed by atoms with Gasteiger partial charge in [0, 0.05) is 23.8 Å². The van der Waals surface area contributed by atoms with Crippen LogP contribution < -0.4 is 5.56 Å². The van der Waals surface area contributed by atoms with Gasteiger partial charge in [-0.1, -0.05) is 6.07 Å². The molecule has 3 rings (SSSR count). The highest BCUT2D eigenvalue weighted by Crippen LogP contribution is 2.30. The molecule has 2 aromatic heterocycles. The minimum Gasteiger partial charge on any atom is -0.396 e. The summed E-state index contributed by atoms with van der Waals surface area (Å²) in [6, 6.07) is 9.71. The van der Waals surface area contributed by atoms with Crippen molar-refractivity contribution in [2.45, 2.75) is 19.0 Å². The van der Waals surface area contributed by atoms with E-state index in [1.54, 1.807) is 18.2 Å². The van der Waals surface area contributed by atoms with Crippen LogP contribution in [0, 0.1) is 0 Å². The van der Waals surface area contributed by atoms with Gasteiger partial charge in [-0.3, -0.25) is 9.36 Å².